The van der Waals surface area contributed by atoms with Crippen LogP contribution in [-0.4, -0.2) is 81.3 Å². The highest BCUT2D eigenvalue weighted by molar-refractivity contribution is 5.98. The van der Waals surface area contributed by atoms with E-state index < -0.39 is 35.4 Å². The minimum Gasteiger partial charge on any atom is -0.480 e. The van der Waals surface area contributed by atoms with Crippen molar-refractivity contribution in [3.8, 4) is 17.1 Å². The van der Waals surface area contributed by atoms with Crippen molar-refractivity contribution in [1.29, 1.82) is 0 Å². The van der Waals surface area contributed by atoms with Gasteiger partial charge in [0.2, 0.25) is 11.8 Å². The molecule has 5 rings (SSSR count). The van der Waals surface area contributed by atoms with Crippen molar-refractivity contribution in [2.45, 2.75) is 43.7 Å². The van der Waals surface area contributed by atoms with Gasteiger partial charge >= 0.3 is 6.18 Å². The summed E-state index contributed by atoms with van der Waals surface area (Å²) in [7, 11) is 1.29. The number of alkyl halides is 4. The average molecular weight is 551 g/mol. The maximum atomic E-state index is 14.9. The minimum atomic E-state index is -4.74. The van der Waals surface area contributed by atoms with E-state index in [1.165, 1.54) is 19.4 Å². The summed E-state index contributed by atoms with van der Waals surface area (Å²) in [5.41, 5.74) is 4.25. The first kappa shape index (κ1) is 26.6. The molecule has 2 saturated heterocycles. The van der Waals surface area contributed by atoms with Gasteiger partial charge in [0, 0.05) is 43.9 Å². The number of hydrogen-bond donors (Lipinski definition) is 3. The van der Waals surface area contributed by atoms with Gasteiger partial charge in [-0.05, 0) is 25.0 Å². The highest BCUT2D eigenvalue weighted by Crippen LogP contribution is 2.39. The monoisotopic (exact) mass is 550 g/mol. The first-order valence-corrected chi connectivity index (χ1v) is 12.3. The summed E-state index contributed by atoms with van der Waals surface area (Å²) in [5, 5.41) is 9.46. The number of anilines is 1. The Balaban J connectivity index is 1.39. The SMILES string of the molecule is COc1ncc(-c2cc(C(F)(F)F)c3c(N)ncnn23)cc1C(=O)N[C@@H]1CN(CC2CCCC(=O)N2)C[C@@H]1F. The molecule has 2 aliphatic rings. The van der Waals surface area contributed by atoms with Crippen molar-refractivity contribution in [3.05, 3.63) is 35.8 Å². The third kappa shape index (κ3) is 5.30. The fourth-order valence-electron chi connectivity index (χ4n) is 5.11. The number of nitrogen functional groups attached to an aromatic ring is 1. The molecule has 0 radical (unpaired) electrons. The van der Waals surface area contributed by atoms with Crippen LogP contribution < -0.4 is 21.1 Å². The number of pyridine rings is 1. The zero-order valence-electron chi connectivity index (χ0n) is 20.8. The minimum absolute atomic E-state index is 0.0273. The van der Waals surface area contributed by atoms with E-state index in [2.05, 4.69) is 25.7 Å². The van der Waals surface area contributed by atoms with E-state index in [1.54, 1.807) is 0 Å². The molecule has 0 aliphatic carbocycles. The third-order valence-corrected chi connectivity index (χ3v) is 6.91. The zero-order valence-corrected chi connectivity index (χ0v) is 20.8. The number of carbonyl (C=O) groups is 2. The van der Waals surface area contributed by atoms with Crippen LogP contribution in [0.5, 0.6) is 5.88 Å². The van der Waals surface area contributed by atoms with Crippen molar-refractivity contribution in [2.75, 3.05) is 32.5 Å². The van der Waals surface area contributed by atoms with Gasteiger partial charge in [-0.15, -0.1) is 0 Å². The quantitative estimate of drug-likeness (QED) is 0.395. The number of ether oxygens (including phenoxy) is 1. The molecule has 3 aromatic heterocycles. The molecule has 0 bridgehead atoms. The van der Waals surface area contributed by atoms with Gasteiger partial charge in [-0.25, -0.2) is 18.9 Å². The predicted octanol–water partition coefficient (Wildman–Crippen LogP) is 1.82. The van der Waals surface area contributed by atoms with Crippen LogP contribution in [0.1, 0.15) is 35.2 Å². The van der Waals surface area contributed by atoms with E-state index >= 15 is 0 Å². The maximum absolute atomic E-state index is 14.9. The molecule has 5 heterocycles. The number of rotatable bonds is 6. The number of amides is 2. The Morgan fingerprint density at radius 3 is 2.79 bits per heavy atom. The Kier molecular flexibility index (Phi) is 7.01. The standard InChI is InChI=1S/C24H26F4N8O3/c1-39-23-14(22(38)34-17-10-35(9-16(17)25)8-13-3-2-4-19(37)33-13)5-12(7-30-23)18-6-15(24(26,27)28)20-21(29)31-11-32-36(18)20/h5-7,11,13,16-17H,2-4,8-10H2,1H3,(H,33,37)(H,34,38)(H2,29,31,32)/t13?,16-,17+/m0/s1. The van der Waals surface area contributed by atoms with Crippen LogP contribution in [0.15, 0.2) is 24.7 Å². The number of nitrogens with zero attached hydrogens (tertiary/aromatic N) is 5. The van der Waals surface area contributed by atoms with Crippen molar-refractivity contribution in [3.63, 3.8) is 0 Å². The van der Waals surface area contributed by atoms with E-state index in [1.807, 2.05) is 4.90 Å². The van der Waals surface area contributed by atoms with Gasteiger partial charge in [0.05, 0.1) is 24.4 Å². The van der Waals surface area contributed by atoms with E-state index in [0.717, 1.165) is 29.8 Å². The number of carbonyl (C=O) groups excluding carboxylic acids is 2. The van der Waals surface area contributed by atoms with Crippen LogP contribution in [0.3, 0.4) is 0 Å². The predicted molar refractivity (Wildman–Crippen MR) is 131 cm³/mol. The number of halogens is 4. The fourth-order valence-corrected chi connectivity index (χ4v) is 5.11. The van der Waals surface area contributed by atoms with Crippen molar-refractivity contribution in [1.82, 2.24) is 35.1 Å². The number of piperidine rings is 1. The van der Waals surface area contributed by atoms with Crippen LogP contribution in [0.2, 0.25) is 0 Å². The van der Waals surface area contributed by atoms with E-state index in [0.29, 0.717) is 13.0 Å². The second-order valence-electron chi connectivity index (χ2n) is 9.60. The lowest BCUT2D eigenvalue weighted by Crippen LogP contribution is -2.46. The lowest BCUT2D eigenvalue weighted by molar-refractivity contribution is -0.136. The Morgan fingerprint density at radius 2 is 2.08 bits per heavy atom. The molecular formula is C24H26F4N8O3. The molecule has 0 spiro atoms. The van der Waals surface area contributed by atoms with E-state index in [9.17, 15) is 27.2 Å². The molecule has 2 fully saturated rings. The lowest BCUT2D eigenvalue weighted by atomic mass is 10.0. The third-order valence-electron chi connectivity index (χ3n) is 6.91. The van der Waals surface area contributed by atoms with Gasteiger partial charge in [0.1, 0.15) is 23.6 Å². The molecule has 208 valence electrons. The molecule has 2 amide bonds. The molecule has 3 atom stereocenters. The van der Waals surface area contributed by atoms with Crippen LogP contribution in [-0.2, 0) is 11.0 Å². The molecule has 2 aliphatic heterocycles. The average Bonchev–Trinajstić information content (AvgIpc) is 3.44. The highest BCUT2D eigenvalue weighted by Gasteiger charge is 2.38. The van der Waals surface area contributed by atoms with Gasteiger partial charge in [-0.1, -0.05) is 0 Å². The molecule has 11 nitrogen and oxygen atoms in total. The van der Waals surface area contributed by atoms with Crippen LogP contribution in [0.25, 0.3) is 16.8 Å². The van der Waals surface area contributed by atoms with Gasteiger partial charge in [-0.3, -0.25) is 14.5 Å². The highest BCUT2D eigenvalue weighted by atomic mass is 19.4. The van der Waals surface area contributed by atoms with Crippen LogP contribution in [0.4, 0.5) is 23.4 Å². The second kappa shape index (κ2) is 10.3. The number of likely N-dealkylation sites (tertiary alicyclic amines) is 1. The fraction of sp³-hybridized carbons (Fsp3) is 0.458. The summed E-state index contributed by atoms with van der Waals surface area (Å²) in [5.74, 6) is -1.18. The summed E-state index contributed by atoms with van der Waals surface area (Å²) in [4.78, 5) is 34.5. The number of nitrogens with two attached hydrogens (primary N) is 1. The Bertz CT molecular complexity index is 1410. The molecule has 0 aromatic carbocycles. The molecule has 4 N–H and O–H groups in total. The van der Waals surface area contributed by atoms with Crippen molar-refractivity contribution < 1.29 is 31.9 Å². The van der Waals surface area contributed by atoms with Gasteiger partial charge < -0.3 is 21.1 Å². The summed E-state index contributed by atoms with van der Waals surface area (Å²) >= 11 is 0. The van der Waals surface area contributed by atoms with Crippen LogP contribution >= 0.6 is 0 Å². The van der Waals surface area contributed by atoms with Gasteiger partial charge in [-0.2, -0.15) is 18.3 Å². The van der Waals surface area contributed by atoms with E-state index in [4.69, 9.17) is 10.5 Å². The first-order valence-electron chi connectivity index (χ1n) is 12.3. The van der Waals surface area contributed by atoms with Crippen LogP contribution in [0, 0.1) is 0 Å². The number of aromatic nitrogens is 4. The summed E-state index contributed by atoms with van der Waals surface area (Å²) in [6.45, 7) is 0.778. The first-order chi connectivity index (χ1) is 18.5. The maximum Gasteiger partial charge on any atom is 0.418 e. The Morgan fingerprint density at radius 1 is 1.28 bits per heavy atom. The molecule has 0 saturated carbocycles. The summed E-state index contributed by atoms with van der Waals surface area (Å²) < 4.78 is 62.2. The number of hydrogen-bond acceptors (Lipinski definition) is 8. The van der Waals surface area contributed by atoms with Gasteiger partial charge in [0.15, 0.2) is 5.82 Å². The topological polar surface area (TPSA) is 140 Å². The molecule has 15 heteroatoms. The lowest BCUT2D eigenvalue weighted by Gasteiger charge is -2.27. The number of methoxy groups -OCH3 is 1. The Hall–Kier alpha value is -4.01. The summed E-state index contributed by atoms with van der Waals surface area (Å²) in [6.07, 6.45) is -1.80. The smallest absolute Gasteiger partial charge is 0.418 e. The van der Waals surface area contributed by atoms with Crippen molar-refractivity contribution in [2.24, 2.45) is 0 Å². The molecule has 3 aromatic rings. The molecular weight excluding hydrogens is 524 g/mol. The molecule has 39 heavy (non-hydrogen) atoms. The molecule has 1 unspecified atom stereocenters. The normalized spacial score (nSPS) is 22.2. The van der Waals surface area contributed by atoms with Crippen molar-refractivity contribution >= 4 is 23.1 Å². The largest absolute Gasteiger partial charge is 0.480 e. The Labute approximate surface area is 219 Å². The number of fused-ring (bicyclic) bond motifs is 1. The second-order valence-corrected chi connectivity index (χ2v) is 9.60. The zero-order chi connectivity index (χ0) is 27.9. The van der Waals surface area contributed by atoms with E-state index in [-0.39, 0.29) is 53.6 Å². The summed E-state index contributed by atoms with van der Waals surface area (Å²) in [6, 6.07) is 1.23. The number of nitrogens with one attached hydrogen (secondary N) is 2. The van der Waals surface area contributed by atoms with Gasteiger partial charge in [0.25, 0.3) is 5.91 Å².